The summed E-state index contributed by atoms with van der Waals surface area (Å²) in [6.07, 6.45) is -1.92. The fraction of sp³-hybridized carbons (Fsp3) is 0.167. The summed E-state index contributed by atoms with van der Waals surface area (Å²) < 4.78 is 10.1. The Morgan fingerprint density at radius 2 is 2.32 bits per heavy atom. The van der Waals surface area contributed by atoms with Crippen LogP contribution in [0.15, 0.2) is 32.3 Å². The number of hydrogen-bond donors (Lipinski definition) is 2. The number of anilines is 1. The maximum Gasteiger partial charge on any atom is 0.405 e. The third-order valence-corrected chi connectivity index (χ3v) is 4.28. The number of amides is 2. The van der Waals surface area contributed by atoms with E-state index in [4.69, 9.17) is 14.9 Å². The molecule has 0 spiro atoms. The summed E-state index contributed by atoms with van der Waals surface area (Å²) >= 11 is 4.46. The van der Waals surface area contributed by atoms with Crippen LogP contribution in [0.3, 0.4) is 0 Å². The van der Waals surface area contributed by atoms with Crippen molar-refractivity contribution < 1.29 is 18.7 Å². The summed E-state index contributed by atoms with van der Waals surface area (Å²) in [5, 5.41) is 10.3. The number of nitrogens with two attached hydrogens (primary N) is 1. The SMILES string of the molecule is NC(=O)O[C@H]1CSc2ccc(-c3nnc(Br)o3)cc2NC1=O. The Hall–Kier alpha value is -2.07. The van der Waals surface area contributed by atoms with Crippen LogP contribution in [-0.4, -0.2) is 34.1 Å². The molecule has 0 aliphatic carbocycles. The number of carbonyl (C=O) groups is 2. The summed E-state index contributed by atoms with van der Waals surface area (Å²) in [6, 6.07) is 5.33. The minimum absolute atomic E-state index is 0.269. The zero-order valence-electron chi connectivity index (χ0n) is 10.9. The number of nitrogens with one attached hydrogen (secondary N) is 1. The van der Waals surface area contributed by atoms with Crippen molar-refractivity contribution in [1.82, 2.24) is 10.2 Å². The van der Waals surface area contributed by atoms with Gasteiger partial charge in [0.15, 0.2) is 6.10 Å². The van der Waals surface area contributed by atoms with Crippen molar-refractivity contribution in [3.8, 4) is 11.5 Å². The Kier molecular flexibility index (Phi) is 4.03. The average molecular weight is 385 g/mol. The number of hydrogen-bond acceptors (Lipinski definition) is 7. The zero-order chi connectivity index (χ0) is 15.7. The fourth-order valence-electron chi connectivity index (χ4n) is 1.89. The molecule has 3 rings (SSSR count). The second kappa shape index (κ2) is 5.97. The van der Waals surface area contributed by atoms with E-state index in [0.717, 1.165) is 4.90 Å². The molecule has 0 saturated carbocycles. The van der Waals surface area contributed by atoms with E-state index in [0.29, 0.717) is 17.1 Å². The molecule has 1 aromatic heterocycles. The molecule has 1 aliphatic heterocycles. The molecule has 114 valence electrons. The first kappa shape index (κ1) is 14.9. The fourth-order valence-corrected chi connectivity index (χ4v) is 3.10. The molecule has 0 unspecified atom stereocenters. The minimum atomic E-state index is -0.983. The van der Waals surface area contributed by atoms with Crippen LogP contribution in [0.25, 0.3) is 11.5 Å². The molecule has 2 heterocycles. The number of thioether (sulfide) groups is 1. The number of nitrogens with zero attached hydrogens (tertiary/aromatic N) is 2. The van der Waals surface area contributed by atoms with Crippen LogP contribution in [-0.2, 0) is 9.53 Å². The third kappa shape index (κ3) is 3.07. The van der Waals surface area contributed by atoms with Crippen molar-refractivity contribution in [1.29, 1.82) is 0 Å². The van der Waals surface area contributed by atoms with Crippen LogP contribution in [0.5, 0.6) is 0 Å². The lowest BCUT2D eigenvalue weighted by atomic mass is 10.2. The molecule has 22 heavy (non-hydrogen) atoms. The Labute approximate surface area is 136 Å². The Balaban J connectivity index is 1.88. The second-order valence-corrected chi connectivity index (χ2v) is 6.04. The van der Waals surface area contributed by atoms with Crippen molar-refractivity contribution >= 4 is 45.4 Å². The van der Waals surface area contributed by atoms with Crippen LogP contribution in [0.1, 0.15) is 0 Å². The first-order chi connectivity index (χ1) is 10.5. The van der Waals surface area contributed by atoms with Crippen LogP contribution in [0.4, 0.5) is 10.5 Å². The molecule has 2 aromatic rings. The average Bonchev–Trinajstić information content (AvgIpc) is 2.84. The predicted molar refractivity (Wildman–Crippen MR) is 81.2 cm³/mol. The summed E-state index contributed by atoms with van der Waals surface area (Å²) in [5.74, 6) is 0.171. The summed E-state index contributed by atoms with van der Waals surface area (Å²) in [7, 11) is 0. The van der Waals surface area contributed by atoms with Gasteiger partial charge in [0.2, 0.25) is 5.89 Å². The van der Waals surface area contributed by atoms with Crippen molar-refractivity contribution in [3.05, 3.63) is 23.0 Å². The number of aromatic nitrogens is 2. The standard InChI is InChI=1S/C12H9BrN4O4S/c13-11-17-16-10(21-11)5-1-2-8-6(3-5)15-9(18)7(4-22-8)20-12(14)19/h1-3,7H,4H2,(H2,14,19)(H,15,18)/t7-/m0/s1. The summed E-state index contributed by atoms with van der Waals surface area (Å²) in [6.45, 7) is 0. The number of fused-ring (bicyclic) bond motifs is 1. The van der Waals surface area contributed by atoms with Crippen LogP contribution < -0.4 is 11.1 Å². The predicted octanol–water partition coefficient (Wildman–Crippen LogP) is 2.01. The lowest BCUT2D eigenvalue weighted by molar-refractivity contribution is -0.123. The summed E-state index contributed by atoms with van der Waals surface area (Å²) in [5.41, 5.74) is 6.20. The molecule has 10 heteroatoms. The highest BCUT2D eigenvalue weighted by atomic mass is 79.9. The topological polar surface area (TPSA) is 120 Å². The van der Waals surface area contributed by atoms with E-state index < -0.39 is 18.1 Å². The van der Waals surface area contributed by atoms with E-state index in [-0.39, 0.29) is 10.6 Å². The third-order valence-electron chi connectivity index (χ3n) is 2.83. The van der Waals surface area contributed by atoms with Gasteiger partial charge in [-0.05, 0) is 18.2 Å². The van der Waals surface area contributed by atoms with Crippen LogP contribution in [0.2, 0.25) is 0 Å². The van der Waals surface area contributed by atoms with E-state index in [1.165, 1.54) is 11.8 Å². The number of primary amides is 1. The number of benzene rings is 1. The van der Waals surface area contributed by atoms with Gasteiger partial charge in [-0.15, -0.1) is 22.0 Å². The van der Waals surface area contributed by atoms with Crippen LogP contribution in [0, 0.1) is 0 Å². The van der Waals surface area contributed by atoms with Gasteiger partial charge < -0.3 is 20.2 Å². The van der Waals surface area contributed by atoms with Gasteiger partial charge in [-0.2, -0.15) is 0 Å². The molecule has 1 atom stereocenters. The maximum absolute atomic E-state index is 12.0. The molecule has 1 aromatic carbocycles. The molecule has 0 bridgehead atoms. The second-order valence-electron chi connectivity index (χ2n) is 4.30. The number of carbonyl (C=O) groups excluding carboxylic acids is 2. The monoisotopic (exact) mass is 384 g/mol. The van der Waals surface area contributed by atoms with Crippen LogP contribution >= 0.6 is 27.7 Å². The van der Waals surface area contributed by atoms with E-state index in [2.05, 4.69) is 31.4 Å². The highest BCUT2D eigenvalue weighted by Gasteiger charge is 2.27. The molecule has 3 N–H and O–H groups in total. The normalized spacial score (nSPS) is 17.3. The van der Waals surface area contributed by atoms with E-state index >= 15 is 0 Å². The Bertz CT molecular complexity index is 750. The molecule has 2 amide bonds. The highest BCUT2D eigenvalue weighted by Crippen LogP contribution is 2.34. The highest BCUT2D eigenvalue weighted by molar-refractivity contribution is 9.10. The van der Waals surface area contributed by atoms with Gasteiger partial charge in [-0.25, -0.2) is 4.79 Å². The zero-order valence-corrected chi connectivity index (χ0v) is 13.3. The van der Waals surface area contributed by atoms with Gasteiger partial charge in [-0.1, -0.05) is 0 Å². The molecular formula is C12H9BrN4O4S. The molecular weight excluding hydrogens is 376 g/mol. The Morgan fingerprint density at radius 1 is 1.50 bits per heavy atom. The molecule has 1 aliphatic rings. The van der Waals surface area contributed by atoms with E-state index in [1.807, 2.05) is 6.07 Å². The van der Waals surface area contributed by atoms with Gasteiger partial charge in [0.05, 0.1) is 5.69 Å². The lowest BCUT2D eigenvalue weighted by Gasteiger charge is -2.11. The molecule has 0 radical (unpaired) electrons. The van der Waals surface area contributed by atoms with Gasteiger partial charge in [0.1, 0.15) is 0 Å². The number of halogens is 1. The van der Waals surface area contributed by atoms with E-state index in [1.54, 1.807) is 12.1 Å². The minimum Gasteiger partial charge on any atom is -0.435 e. The van der Waals surface area contributed by atoms with Crippen molar-refractivity contribution in [2.45, 2.75) is 11.0 Å². The summed E-state index contributed by atoms with van der Waals surface area (Å²) in [4.78, 5) is 24.0. The quantitative estimate of drug-likeness (QED) is 0.811. The van der Waals surface area contributed by atoms with Crippen molar-refractivity contribution in [3.63, 3.8) is 0 Å². The molecule has 0 fully saturated rings. The number of ether oxygens (including phenoxy) is 1. The van der Waals surface area contributed by atoms with Crippen molar-refractivity contribution in [2.24, 2.45) is 5.73 Å². The maximum atomic E-state index is 12.0. The largest absolute Gasteiger partial charge is 0.435 e. The first-order valence-corrected chi connectivity index (χ1v) is 7.84. The molecule has 0 saturated heterocycles. The lowest BCUT2D eigenvalue weighted by Crippen LogP contribution is -2.35. The van der Waals surface area contributed by atoms with Gasteiger partial charge in [0.25, 0.3) is 10.7 Å². The van der Waals surface area contributed by atoms with Gasteiger partial charge in [-0.3, -0.25) is 4.79 Å². The smallest absolute Gasteiger partial charge is 0.405 e. The first-order valence-electron chi connectivity index (χ1n) is 6.06. The number of rotatable bonds is 2. The van der Waals surface area contributed by atoms with Crippen molar-refractivity contribution in [2.75, 3.05) is 11.1 Å². The van der Waals surface area contributed by atoms with Gasteiger partial charge in [0, 0.05) is 32.1 Å². The molecule has 8 nitrogen and oxygen atoms in total. The Morgan fingerprint density at radius 3 is 3.00 bits per heavy atom. The van der Waals surface area contributed by atoms with Gasteiger partial charge >= 0.3 is 6.09 Å². The van der Waals surface area contributed by atoms with E-state index in [9.17, 15) is 9.59 Å².